The van der Waals surface area contributed by atoms with E-state index in [-0.39, 0.29) is 24.0 Å². The number of rotatable bonds is 7. The minimum Gasteiger partial charge on any atom is -0.492 e. The maximum Gasteiger partial charge on any atom is 0.193 e. The highest BCUT2D eigenvalue weighted by Gasteiger charge is 2.10. The van der Waals surface area contributed by atoms with Crippen molar-refractivity contribution in [1.82, 2.24) is 4.90 Å². The summed E-state index contributed by atoms with van der Waals surface area (Å²) in [6, 6.07) is 14.2. The maximum absolute atomic E-state index is 6.08. The first kappa shape index (κ1) is 23.4. The van der Waals surface area contributed by atoms with Gasteiger partial charge < -0.3 is 20.5 Å². The van der Waals surface area contributed by atoms with Crippen LogP contribution in [-0.2, 0) is 11.3 Å². The highest BCUT2D eigenvalue weighted by molar-refractivity contribution is 14.0. The Labute approximate surface area is 190 Å². The molecule has 2 aromatic rings. The van der Waals surface area contributed by atoms with Crippen LogP contribution in [0.15, 0.2) is 47.5 Å². The number of aliphatic imine (C=N–C) groups is 1. The van der Waals surface area contributed by atoms with Gasteiger partial charge in [0.15, 0.2) is 5.96 Å². The number of anilines is 1. The number of hydrogen-bond acceptors (Lipinski definition) is 4. The van der Waals surface area contributed by atoms with Gasteiger partial charge in [0.2, 0.25) is 0 Å². The van der Waals surface area contributed by atoms with Crippen molar-refractivity contribution in [3.05, 3.63) is 59.2 Å². The van der Waals surface area contributed by atoms with E-state index in [1.165, 1.54) is 11.1 Å². The van der Waals surface area contributed by atoms with E-state index in [9.17, 15) is 0 Å². The number of nitrogens with one attached hydrogen (secondary N) is 1. The number of aryl methyl sites for hydroxylation is 2. The van der Waals surface area contributed by atoms with E-state index >= 15 is 0 Å². The second kappa shape index (κ2) is 12.0. The van der Waals surface area contributed by atoms with Crippen molar-refractivity contribution in [1.29, 1.82) is 0 Å². The molecule has 0 spiro atoms. The molecule has 0 amide bonds. The summed E-state index contributed by atoms with van der Waals surface area (Å²) < 4.78 is 11.4. The van der Waals surface area contributed by atoms with Gasteiger partial charge in [0.05, 0.1) is 19.8 Å². The van der Waals surface area contributed by atoms with Crippen molar-refractivity contribution in [3.8, 4) is 5.75 Å². The van der Waals surface area contributed by atoms with Gasteiger partial charge in [-0.05, 0) is 43.2 Å². The Morgan fingerprint density at radius 2 is 1.83 bits per heavy atom. The second-order valence-corrected chi connectivity index (χ2v) is 7.11. The largest absolute Gasteiger partial charge is 0.492 e. The summed E-state index contributed by atoms with van der Waals surface area (Å²) in [5, 5.41) is 3.17. The molecule has 0 bridgehead atoms. The van der Waals surface area contributed by atoms with E-state index in [0.717, 1.165) is 49.8 Å². The lowest BCUT2D eigenvalue weighted by molar-refractivity contribution is 0.0322. The highest BCUT2D eigenvalue weighted by Crippen LogP contribution is 2.19. The summed E-state index contributed by atoms with van der Waals surface area (Å²) in [5.41, 5.74) is 10.4. The van der Waals surface area contributed by atoms with E-state index in [0.29, 0.717) is 19.1 Å². The summed E-state index contributed by atoms with van der Waals surface area (Å²) >= 11 is 0. The molecule has 6 nitrogen and oxygen atoms in total. The van der Waals surface area contributed by atoms with Crippen LogP contribution in [0.5, 0.6) is 5.75 Å². The molecule has 1 heterocycles. The van der Waals surface area contributed by atoms with Crippen LogP contribution < -0.4 is 15.8 Å². The standard InChI is InChI=1S/C22H30N4O2.HI/c1-17-13-18(2)15-20(14-17)25-22(23)24-16-19-5-3-4-6-21(19)28-12-9-26-7-10-27-11-8-26;/h3-6,13-15H,7-12,16H2,1-2H3,(H3,23,24,25);1H. The molecule has 3 rings (SSSR count). The molecule has 0 saturated carbocycles. The third-order valence-electron chi connectivity index (χ3n) is 4.66. The topological polar surface area (TPSA) is 72.1 Å². The Morgan fingerprint density at radius 3 is 2.55 bits per heavy atom. The Kier molecular flexibility index (Phi) is 9.69. The monoisotopic (exact) mass is 510 g/mol. The molecule has 29 heavy (non-hydrogen) atoms. The van der Waals surface area contributed by atoms with Crippen LogP contribution in [0.4, 0.5) is 5.69 Å². The Morgan fingerprint density at radius 1 is 1.14 bits per heavy atom. The number of halogens is 1. The van der Waals surface area contributed by atoms with Crippen LogP contribution in [-0.4, -0.2) is 50.3 Å². The van der Waals surface area contributed by atoms with E-state index < -0.39 is 0 Å². The van der Waals surface area contributed by atoms with Gasteiger partial charge in [0.25, 0.3) is 0 Å². The molecule has 0 atom stereocenters. The Hall–Kier alpha value is -1.84. The van der Waals surface area contributed by atoms with Gasteiger partial charge in [-0.25, -0.2) is 4.99 Å². The van der Waals surface area contributed by atoms with Gasteiger partial charge in [0, 0.05) is 30.9 Å². The van der Waals surface area contributed by atoms with Crippen LogP contribution in [0.25, 0.3) is 0 Å². The zero-order valence-electron chi connectivity index (χ0n) is 17.2. The predicted molar refractivity (Wildman–Crippen MR) is 129 cm³/mol. The fourth-order valence-corrected chi connectivity index (χ4v) is 3.29. The van der Waals surface area contributed by atoms with Gasteiger partial charge in [-0.15, -0.1) is 24.0 Å². The minimum absolute atomic E-state index is 0. The second-order valence-electron chi connectivity index (χ2n) is 7.11. The first-order valence-corrected chi connectivity index (χ1v) is 9.76. The molecule has 1 aliphatic heterocycles. The van der Waals surface area contributed by atoms with Gasteiger partial charge in [0.1, 0.15) is 12.4 Å². The van der Waals surface area contributed by atoms with E-state index in [2.05, 4.69) is 47.3 Å². The Balaban J connectivity index is 0.00000300. The first-order chi connectivity index (χ1) is 13.6. The molecule has 1 fully saturated rings. The van der Waals surface area contributed by atoms with E-state index in [1.807, 2.05) is 24.3 Å². The van der Waals surface area contributed by atoms with Crippen molar-refractivity contribution in [2.75, 3.05) is 44.8 Å². The molecule has 2 aromatic carbocycles. The quantitative estimate of drug-likeness (QED) is 0.339. The minimum atomic E-state index is 0. The summed E-state index contributed by atoms with van der Waals surface area (Å²) in [7, 11) is 0. The number of morpholine rings is 1. The normalized spacial score (nSPS) is 14.9. The summed E-state index contributed by atoms with van der Waals surface area (Å²) in [4.78, 5) is 6.84. The van der Waals surface area contributed by atoms with Crippen molar-refractivity contribution >= 4 is 35.6 Å². The van der Waals surface area contributed by atoms with Crippen LogP contribution >= 0.6 is 24.0 Å². The number of para-hydroxylation sites is 1. The number of benzene rings is 2. The molecular formula is C22H31IN4O2. The molecule has 0 radical (unpaired) electrons. The summed E-state index contributed by atoms with van der Waals surface area (Å²) in [5.74, 6) is 1.26. The van der Waals surface area contributed by atoms with Crippen LogP contribution in [0.3, 0.4) is 0 Å². The first-order valence-electron chi connectivity index (χ1n) is 9.76. The fourth-order valence-electron chi connectivity index (χ4n) is 3.29. The molecule has 7 heteroatoms. The summed E-state index contributed by atoms with van der Waals surface area (Å²) in [6.45, 7) is 9.69. The molecule has 3 N–H and O–H groups in total. The van der Waals surface area contributed by atoms with Gasteiger partial charge in [-0.1, -0.05) is 24.3 Å². The molecule has 0 aliphatic carbocycles. The Bertz CT molecular complexity index is 787. The van der Waals surface area contributed by atoms with Crippen molar-refractivity contribution in [3.63, 3.8) is 0 Å². The number of nitrogens with zero attached hydrogens (tertiary/aromatic N) is 2. The third kappa shape index (κ3) is 7.83. The number of hydrogen-bond donors (Lipinski definition) is 2. The predicted octanol–water partition coefficient (Wildman–Crippen LogP) is 3.56. The number of guanidine groups is 1. The molecule has 1 saturated heterocycles. The molecule has 1 aliphatic rings. The lowest BCUT2D eigenvalue weighted by Gasteiger charge is -2.26. The average Bonchev–Trinajstić information content (AvgIpc) is 2.67. The molecule has 0 aromatic heterocycles. The molecule has 0 unspecified atom stereocenters. The zero-order chi connectivity index (χ0) is 19.8. The van der Waals surface area contributed by atoms with E-state index in [1.54, 1.807) is 0 Å². The van der Waals surface area contributed by atoms with Gasteiger partial charge >= 0.3 is 0 Å². The smallest absolute Gasteiger partial charge is 0.193 e. The third-order valence-corrected chi connectivity index (χ3v) is 4.66. The molecule has 158 valence electrons. The fraction of sp³-hybridized carbons (Fsp3) is 0.409. The van der Waals surface area contributed by atoms with Gasteiger partial charge in [-0.2, -0.15) is 0 Å². The lowest BCUT2D eigenvalue weighted by atomic mass is 10.1. The van der Waals surface area contributed by atoms with Crippen molar-refractivity contribution in [2.45, 2.75) is 20.4 Å². The van der Waals surface area contributed by atoms with Gasteiger partial charge in [-0.3, -0.25) is 4.90 Å². The van der Waals surface area contributed by atoms with Crippen molar-refractivity contribution in [2.24, 2.45) is 10.7 Å². The molecular weight excluding hydrogens is 479 g/mol. The zero-order valence-corrected chi connectivity index (χ0v) is 19.5. The van der Waals surface area contributed by atoms with E-state index in [4.69, 9.17) is 15.2 Å². The maximum atomic E-state index is 6.08. The number of nitrogens with two attached hydrogens (primary N) is 1. The highest BCUT2D eigenvalue weighted by atomic mass is 127. The van der Waals surface area contributed by atoms with Crippen molar-refractivity contribution < 1.29 is 9.47 Å². The van der Waals surface area contributed by atoms with Crippen LogP contribution in [0, 0.1) is 13.8 Å². The lowest BCUT2D eigenvalue weighted by Crippen LogP contribution is -2.38. The van der Waals surface area contributed by atoms with Crippen LogP contribution in [0.1, 0.15) is 16.7 Å². The average molecular weight is 510 g/mol. The van der Waals surface area contributed by atoms with Crippen LogP contribution in [0.2, 0.25) is 0 Å². The summed E-state index contributed by atoms with van der Waals surface area (Å²) in [6.07, 6.45) is 0. The number of ether oxygens (including phenoxy) is 2. The SMILES string of the molecule is Cc1cc(C)cc(NC(N)=NCc2ccccc2OCCN2CCOCC2)c1.I.